The van der Waals surface area contributed by atoms with Crippen LogP contribution in [0.5, 0.6) is 0 Å². The van der Waals surface area contributed by atoms with Crippen LogP contribution in [-0.2, 0) is 6.54 Å². The van der Waals surface area contributed by atoms with Gasteiger partial charge in [0.15, 0.2) is 0 Å². The van der Waals surface area contributed by atoms with Crippen LogP contribution in [0.25, 0.3) is 0 Å². The van der Waals surface area contributed by atoms with E-state index in [1.54, 1.807) is 0 Å². The zero-order valence-corrected chi connectivity index (χ0v) is 11.5. The Hall–Kier alpha value is -1.25. The summed E-state index contributed by atoms with van der Waals surface area (Å²) in [5.74, 6) is 0. The van der Waals surface area contributed by atoms with Crippen LogP contribution in [0.3, 0.4) is 0 Å². The molecule has 0 saturated heterocycles. The van der Waals surface area contributed by atoms with Crippen molar-refractivity contribution in [2.45, 2.75) is 29.7 Å². The van der Waals surface area contributed by atoms with Crippen LogP contribution in [0.4, 0.5) is 0 Å². The van der Waals surface area contributed by atoms with Crippen LogP contribution in [0, 0.1) is 0 Å². The second kappa shape index (κ2) is 7.24. The lowest BCUT2D eigenvalue weighted by Crippen LogP contribution is -2.14. The topological polar surface area (TPSA) is 12.0 Å². The molecule has 0 aromatic heterocycles. The molecular formula is C16H19NS. The number of hydrogen-bond acceptors (Lipinski definition) is 2. The van der Waals surface area contributed by atoms with Crippen LogP contribution in [0.2, 0.25) is 0 Å². The van der Waals surface area contributed by atoms with Gasteiger partial charge >= 0.3 is 0 Å². The minimum absolute atomic E-state index is 0.948. The Balaban J connectivity index is 2.07. The van der Waals surface area contributed by atoms with Gasteiger partial charge in [0.2, 0.25) is 0 Å². The molecule has 0 spiro atoms. The third-order valence-corrected chi connectivity index (χ3v) is 3.81. The summed E-state index contributed by atoms with van der Waals surface area (Å²) in [5, 5.41) is 3.46. The molecule has 2 aromatic rings. The second-order valence-corrected chi connectivity index (χ2v) is 5.31. The molecule has 0 heterocycles. The third kappa shape index (κ3) is 3.90. The first-order valence-corrected chi connectivity index (χ1v) is 7.23. The molecule has 0 unspecified atom stereocenters. The van der Waals surface area contributed by atoms with Crippen LogP contribution in [0.1, 0.15) is 18.9 Å². The Kier molecular flexibility index (Phi) is 5.31. The van der Waals surface area contributed by atoms with Crippen LogP contribution >= 0.6 is 11.8 Å². The van der Waals surface area contributed by atoms with E-state index in [2.05, 4.69) is 66.8 Å². The summed E-state index contributed by atoms with van der Waals surface area (Å²) in [5.41, 5.74) is 1.37. The highest BCUT2D eigenvalue weighted by Crippen LogP contribution is 2.30. The van der Waals surface area contributed by atoms with Crippen molar-refractivity contribution in [1.29, 1.82) is 0 Å². The van der Waals surface area contributed by atoms with E-state index in [9.17, 15) is 0 Å². The predicted molar refractivity (Wildman–Crippen MR) is 79.0 cm³/mol. The average molecular weight is 257 g/mol. The Labute approximate surface area is 114 Å². The largest absolute Gasteiger partial charge is 0.313 e. The van der Waals surface area contributed by atoms with E-state index in [0.717, 1.165) is 13.1 Å². The van der Waals surface area contributed by atoms with Crippen LogP contribution in [-0.4, -0.2) is 6.54 Å². The van der Waals surface area contributed by atoms with E-state index in [0.29, 0.717) is 0 Å². The molecule has 1 nitrogen and oxygen atoms in total. The van der Waals surface area contributed by atoms with Crippen molar-refractivity contribution in [3.8, 4) is 0 Å². The molecule has 1 N–H and O–H groups in total. The van der Waals surface area contributed by atoms with Crippen molar-refractivity contribution < 1.29 is 0 Å². The van der Waals surface area contributed by atoms with Crippen molar-refractivity contribution in [2.24, 2.45) is 0 Å². The average Bonchev–Trinajstić information content (AvgIpc) is 2.42. The number of rotatable bonds is 6. The van der Waals surface area contributed by atoms with Crippen molar-refractivity contribution in [3.63, 3.8) is 0 Å². The molecule has 2 heteroatoms. The molecule has 2 rings (SSSR count). The van der Waals surface area contributed by atoms with Gasteiger partial charge in [-0.1, -0.05) is 55.1 Å². The second-order valence-electron chi connectivity index (χ2n) is 4.20. The lowest BCUT2D eigenvalue weighted by molar-refractivity contribution is 0.669. The molecule has 2 aromatic carbocycles. The Morgan fingerprint density at radius 3 is 2.44 bits per heavy atom. The Bertz CT molecular complexity index is 468. The first kappa shape index (κ1) is 13.2. The van der Waals surface area contributed by atoms with Gasteiger partial charge in [-0.25, -0.2) is 0 Å². The molecule has 0 saturated carbocycles. The molecule has 0 radical (unpaired) electrons. The van der Waals surface area contributed by atoms with Crippen molar-refractivity contribution in [1.82, 2.24) is 5.32 Å². The minimum Gasteiger partial charge on any atom is -0.313 e. The number of hydrogen-bond donors (Lipinski definition) is 1. The predicted octanol–water partition coefficient (Wildman–Crippen LogP) is 4.34. The monoisotopic (exact) mass is 257 g/mol. The summed E-state index contributed by atoms with van der Waals surface area (Å²) in [6.45, 7) is 4.21. The summed E-state index contributed by atoms with van der Waals surface area (Å²) >= 11 is 1.83. The highest BCUT2D eigenvalue weighted by atomic mass is 32.2. The minimum atomic E-state index is 0.948. The van der Waals surface area contributed by atoms with Gasteiger partial charge in [-0.15, -0.1) is 0 Å². The normalized spacial score (nSPS) is 10.5. The lowest BCUT2D eigenvalue weighted by atomic mass is 10.2. The summed E-state index contributed by atoms with van der Waals surface area (Å²) < 4.78 is 0. The molecule has 0 amide bonds. The Morgan fingerprint density at radius 2 is 1.67 bits per heavy atom. The van der Waals surface area contributed by atoms with Gasteiger partial charge in [-0.3, -0.25) is 0 Å². The smallest absolute Gasteiger partial charge is 0.0216 e. The van der Waals surface area contributed by atoms with Crippen molar-refractivity contribution in [2.75, 3.05) is 6.54 Å². The van der Waals surface area contributed by atoms with Gasteiger partial charge in [0.05, 0.1) is 0 Å². The Morgan fingerprint density at radius 1 is 0.944 bits per heavy atom. The summed E-state index contributed by atoms with van der Waals surface area (Å²) in [4.78, 5) is 2.63. The fourth-order valence-corrected chi connectivity index (χ4v) is 2.73. The number of nitrogens with one attached hydrogen (secondary N) is 1. The molecule has 0 aliphatic carbocycles. The first-order valence-electron chi connectivity index (χ1n) is 6.41. The fraction of sp³-hybridized carbons (Fsp3) is 0.250. The van der Waals surface area contributed by atoms with Crippen molar-refractivity contribution >= 4 is 11.8 Å². The molecule has 0 aliphatic rings. The molecule has 18 heavy (non-hydrogen) atoms. The highest BCUT2D eigenvalue weighted by molar-refractivity contribution is 7.99. The van der Waals surface area contributed by atoms with E-state index in [4.69, 9.17) is 0 Å². The van der Waals surface area contributed by atoms with E-state index >= 15 is 0 Å². The van der Waals surface area contributed by atoms with Gasteiger partial charge in [0.25, 0.3) is 0 Å². The van der Waals surface area contributed by atoms with E-state index < -0.39 is 0 Å². The van der Waals surface area contributed by atoms with Crippen LogP contribution < -0.4 is 5.32 Å². The highest BCUT2D eigenvalue weighted by Gasteiger charge is 2.03. The molecule has 0 bridgehead atoms. The molecule has 0 atom stereocenters. The zero-order chi connectivity index (χ0) is 12.6. The van der Waals surface area contributed by atoms with Crippen LogP contribution in [0.15, 0.2) is 64.4 Å². The lowest BCUT2D eigenvalue weighted by Gasteiger charge is -2.09. The summed E-state index contributed by atoms with van der Waals surface area (Å²) in [6.07, 6.45) is 1.17. The quantitative estimate of drug-likeness (QED) is 0.773. The molecule has 0 aliphatic heterocycles. The molecule has 0 fully saturated rings. The SMILES string of the molecule is CCCNCc1ccccc1Sc1ccccc1. The van der Waals surface area contributed by atoms with Gasteiger partial charge in [-0.05, 0) is 36.7 Å². The van der Waals surface area contributed by atoms with Gasteiger partial charge in [0.1, 0.15) is 0 Å². The van der Waals surface area contributed by atoms with Crippen molar-refractivity contribution in [3.05, 3.63) is 60.2 Å². The maximum absolute atomic E-state index is 3.46. The van der Waals surface area contributed by atoms with E-state index in [1.165, 1.54) is 21.8 Å². The number of benzene rings is 2. The van der Waals surface area contributed by atoms with Gasteiger partial charge in [0, 0.05) is 16.3 Å². The zero-order valence-electron chi connectivity index (χ0n) is 10.7. The first-order chi connectivity index (χ1) is 8.90. The van der Waals surface area contributed by atoms with Gasteiger partial charge in [-0.2, -0.15) is 0 Å². The molecular weight excluding hydrogens is 238 g/mol. The molecule has 94 valence electrons. The van der Waals surface area contributed by atoms with E-state index in [1.807, 2.05) is 11.8 Å². The standard InChI is InChI=1S/C16H19NS/c1-2-12-17-13-14-8-6-7-11-16(14)18-15-9-4-3-5-10-15/h3-11,17H,2,12-13H2,1H3. The maximum atomic E-state index is 3.46. The summed E-state index contributed by atoms with van der Waals surface area (Å²) in [6, 6.07) is 19.1. The third-order valence-electron chi connectivity index (χ3n) is 2.69. The maximum Gasteiger partial charge on any atom is 0.0216 e. The van der Waals surface area contributed by atoms with Gasteiger partial charge < -0.3 is 5.32 Å². The van der Waals surface area contributed by atoms with E-state index in [-0.39, 0.29) is 0 Å². The fourth-order valence-electron chi connectivity index (χ4n) is 1.76. The summed E-state index contributed by atoms with van der Waals surface area (Å²) in [7, 11) is 0.